The first kappa shape index (κ1) is 22.7. The third-order valence-corrected chi connectivity index (χ3v) is 6.02. The van der Waals surface area contributed by atoms with E-state index in [1.165, 1.54) is 17.7 Å². The molecule has 1 aliphatic rings. The Morgan fingerprint density at radius 1 is 1.00 bits per heavy atom. The van der Waals surface area contributed by atoms with Gasteiger partial charge in [-0.15, -0.1) is 0 Å². The molecule has 33 heavy (non-hydrogen) atoms. The van der Waals surface area contributed by atoms with E-state index in [1.807, 2.05) is 43.3 Å². The number of para-hydroxylation sites is 1. The maximum atomic E-state index is 12.8. The van der Waals surface area contributed by atoms with Gasteiger partial charge in [0.15, 0.2) is 0 Å². The molecule has 1 N–H and O–H groups in total. The number of alkyl halides is 3. The number of carbonyl (C=O) groups excluding carboxylic acids is 1. The molecule has 0 spiro atoms. The van der Waals surface area contributed by atoms with Crippen LogP contribution in [-0.4, -0.2) is 33.1 Å². The van der Waals surface area contributed by atoms with Crippen molar-refractivity contribution >= 4 is 17.3 Å². The Balaban J connectivity index is 1.56. The summed E-state index contributed by atoms with van der Waals surface area (Å²) in [6.07, 6.45) is -3.50. The molecule has 4 nitrogen and oxygen atoms in total. The highest BCUT2D eigenvalue weighted by Crippen LogP contribution is 2.35. The largest absolute Gasteiger partial charge is 0.416 e. The van der Waals surface area contributed by atoms with Gasteiger partial charge in [0, 0.05) is 44.1 Å². The number of hydrogen-bond acceptors (Lipinski definition) is 3. The molecule has 1 atom stereocenters. The van der Waals surface area contributed by atoms with E-state index in [4.69, 9.17) is 0 Å². The zero-order valence-electron chi connectivity index (χ0n) is 18.6. The third kappa shape index (κ3) is 4.97. The molecule has 0 aromatic heterocycles. The van der Waals surface area contributed by atoms with Gasteiger partial charge in [-0.25, -0.2) is 0 Å². The van der Waals surface area contributed by atoms with Crippen LogP contribution < -0.4 is 15.1 Å². The average molecular weight is 454 g/mol. The predicted octanol–water partition coefficient (Wildman–Crippen LogP) is 5.31. The molecule has 4 rings (SSSR count). The molecule has 1 heterocycles. The second-order valence-corrected chi connectivity index (χ2v) is 8.36. The van der Waals surface area contributed by atoms with Gasteiger partial charge in [0.1, 0.15) is 0 Å². The number of nitrogens with one attached hydrogen (secondary N) is 1. The Hall–Kier alpha value is -3.48. The molecule has 0 saturated heterocycles. The first-order valence-corrected chi connectivity index (χ1v) is 10.8. The van der Waals surface area contributed by atoms with Crippen LogP contribution in [0.3, 0.4) is 0 Å². The fourth-order valence-electron chi connectivity index (χ4n) is 4.19. The van der Waals surface area contributed by atoms with Gasteiger partial charge in [0.2, 0.25) is 0 Å². The Morgan fingerprint density at radius 3 is 2.30 bits per heavy atom. The van der Waals surface area contributed by atoms with Crippen molar-refractivity contribution in [2.75, 3.05) is 37.0 Å². The number of benzene rings is 3. The zero-order valence-corrected chi connectivity index (χ0v) is 18.6. The predicted molar refractivity (Wildman–Crippen MR) is 125 cm³/mol. The molecule has 3 aromatic rings. The van der Waals surface area contributed by atoms with Gasteiger partial charge in [-0.05, 0) is 60.0 Å². The van der Waals surface area contributed by atoms with Gasteiger partial charge in [-0.2, -0.15) is 13.2 Å². The van der Waals surface area contributed by atoms with Crippen molar-refractivity contribution in [1.82, 2.24) is 5.32 Å². The van der Waals surface area contributed by atoms with E-state index in [2.05, 4.69) is 34.5 Å². The van der Waals surface area contributed by atoms with Gasteiger partial charge < -0.3 is 15.1 Å². The molecular weight excluding hydrogens is 427 g/mol. The summed E-state index contributed by atoms with van der Waals surface area (Å²) in [6.45, 7) is 1.16. The first-order chi connectivity index (χ1) is 15.7. The second-order valence-electron chi connectivity index (χ2n) is 8.36. The fraction of sp³-hybridized carbons (Fsp3) is 0.269. The molecule has 1 aliphatic heterocycles. The van der Waals surface area contributed by atoms with Crippen LogP contribution in [0.4, 0.5) is 24.5 Å². The number of nitrogens with zero attached hydrogens (tertiary/aromatic N) is 2. The van der Waals surface area contributed by atoms with Crippen molar-refractivity contribution in [3.63, 3.8) is 0 Å². The quantitative estimate of drug-likeness (QED) is 0.550. The summed E-state index contributed by atoms with van der Waals surface area (Å²) < 4.78 is 38.5. The number of carbonyl (C=O) groups is 1. The lowest BCUT2D eigenvalue weighted by molar-refractivity contribution is -0.137. The van der Waals surface area contributed by atoms with Gasteiger partial charge in [0.25, 0.3) is 5.91 Å². The van der Waals surface area contributed by atoms with Crippen molar-refractivity contribution in [2.24, 2.45) is 0 Å². The van der Waals surface area contributed by atoms with Crippen LogP contribution in [0.15, 0.2) is 72.8 Å². The molecule has 0 aliphatic carbocycles. The minimum Gasteiger partial charge on any atom is -0.378 e. The first-order valence-electron chi connectivity index (χ1n) is 10.8. The van der Waals surface area contributed by atoms with Crippen molar-refractivity contribution in [3.8, 4) is 0 Å². The Morgan fingerprint density at radius 2 is 1.67 bits per heavy atom. The second kappa shape index (κ2) is 9.17. The fourth-order valence-corrected chi connectivity index (χ4v) is 4.19. The Bertz CT molecular complexity index is 1110. The van der Waals surface area contributed by atoms with E-state index in [0.29, 0.717) is 6.54 Å². The highest BCUT2D eigenvalue weighted by atomic mass is 19.4. The number of fused-ring (bicyclic) bond motifs is 1. The minimum absolute atomic E-state index is 0.108. The van der Waals surface area contributed by atoms with Gasteiger partial charge in [-0.3, -0.25) is 4.79 Å². The van der Waals surface area contributed by atoms with E-state index < -0.39 is 17.6 Å². The SMILES string of the molecule is CN(C)c1ccc(C(CNC(=O)c2ccc(C(F)(F)F)cc2)N2CCc3ccccc32)cc1. The molecule has 3 aromatic carbocycles. The molecule has 0 fully saturated rings. The third-order valence-electron chi connectivity index (χ3n) is 6.02. The van der Waals surface area contributed by atoms with Crippen LogP contribution in [0.2, 0.25) is 0 Å². The number of rotatable bonds is 6. The average Bonchev–Trinajstić information content (AvgIpc) is 3.23. The zero-order chi connectivity index (χ0) is 23.6. The Kier molecular flexibility index (Phi) is 6.31. The smallest absolute Gasteiger partial charge is 0.378 e. The molecule has 1 unspecified atom stereocenters. The maximum absolute atomic E-state index is 12.8. The highest BCUT2D eigenvalue weighted by molar-refractivity contribution is 5.94. The highest BCUT2D eigenvalue weighted by Gasteiger charge is 2.31. The summed E-state index contributed by atoms with van der Waals surface area (Å²) in [7, 11) is 3.96. The van der Waals surface area contributed by atoms with Crippen LogP contribution in [-0.2, 0) is 12.6 Å². The monoisotopic (exact) mass is 453 g/mol. The van der Waals surface area contributed by atoms with E-state index in [9.17, 15) is 18.0 Å². The van der Waals surface area contributed by atoms with E-state index >= 15 is 0 Å². The molecule has 172 valence electrons. The lowest BCUT2D eigenvalue weighted by atomic mass is 10.0. The van der Waals surface area contributed by atoms with Crippen molar-refractivity contribution in [3.05, 3.63) is 95.1 Å². The summed E-state index contributed by atoms with van der Waals surface area (Å²) in [4.78, 5) is 17.0. The molecule has 0 saturated carbocycles. The number of anilines is 2. The lowest BCUT2D eigenvalue weighted by Gasteiger charge is -2.31. The van der Waals surface area contributed by atoms with Gasteiger partial charge in [-0.1, -0.05) is 30.3 Å². The molecule has 1 amide bonds. The lowest BCUT2D eigenvalue weighted by Crippen LogP contribution is -2.37. The summed E-state index contributed by atoms with van der Waals surface area (Å²) >= 11 is 0. The molecule has 0 radical (unpaired) electrons. The Labute approximate surface area is 191 Å². The topological polar surface area (TPSA) is 35.6 Å². The van der Waals surface area contributed by atoms with Crippen LogP contribution in [0, 0.1) is 0 Å². The van der Waals surface area contributed by atoms with Gasteiger partial charge in [0.05, 0.1) is 11.6 Å². The van der Waals surface area contributed by atoms with Crippen LogP contribution in [0.25, 0.3) is 0 Å². The van der Waals surface area contributed by atoms with Gasteiger partial charge >= 0.3 is 6.18 Å². The van der Waals surface area contributed by atoms with E-state index in [-0.39, 0.29) is 11.6 Å². The maximum Gasteiger partial charge on any atom is 0.416 e. The summed E-state index contributed by atoms with van der Waals surface area (Å²) in [5.41, 5.74) is 3.97. The summed E-state index contributed by atoms with van der Waals surface area (Å²) in [5.74, 6) is -0.397. The van der Waals surface area contributed by atoms with Crippen molar-refractivity contribution < 1.29 is 18.0 Å². The van der Waals surface area contributed by atoms with E-state index in [1.54, 1.807) is 0 Å². The van der Waals surface area contributed by atoms with E-state index in [0.717, 1.165) is 42.0 Å². The molecule has 7 heteroatoms. The summed E-state index contributed by atoms with van der Waals surface area (Å²) in [5, 5.41) is 2.93. The van der Waals surface area contributed by atoms with Crippen LogP contribution in [0.1, 0.15) is 33.1 Å². The standard InChI is InChI=1S/C26H26F3N3O/c1-31(2)22-13-9-19(10-14-22)24(32-16-15-18-5-3-4-6-23(18)32)17-30-25(33)20-7-11-21(12-8-20)26(27,28)29/h3-14,24H,15-17H2,1-2H3,(H,30,33). The molecular formula is C26H26F3N3O. The van der Waals surface area contributed by atoms with Crippen molar-refractivity contribution in [2.45, 2.75) is 18.6 Å². The molecule has 0 bridgehead atoms. The number of amides is 1. The number of hydrogen-bond donors (Lipinski definition) is 1. The van der Waals surface area contributed by atoms with Crippen LogP contribution in [0.5, 0.6) is 0 Å². The van der Waals surface area contributed by atoms with Crippen LogP contribution >= 0.6 is 0 Å². The van der Waals surface area contributed by atoms with Crippen molar-refractivity contribution in [1.29, 1.82) is 0 Å². The summed E-state index contributed by atoms with van der Waals surface area (Å²) in [6, 6.07) is 20.6. The normalized spacial score (nSPS) is 14.0. The minimum atomic E-state index is -4.43. The number of halogens is 3.